The molecule has 3 amide bonds. The highest BCUT2D eigenvalue weighted by molar-refractivity contribution is 6.32. The van der Waals surface area contributed by atoms with Crippen molar-refractivity contribution in [3.63, 3.8) is 0 Å². The van der Waals surface area contributed by atoms with E-state index in [1.54, 1.807) is 54.6 Å². The number of amides is 3. The molecule has 3 aromatic carbocycles. The third-order valence-electron chi connectivity index (χ3n) is 5.08. The van der Waals surface area contributed by atoms with Crippen molar-refractivity contribution in [3.05, 3.63) is 98.1 Å². The van der Waals surface area contributed by atoms with E-state index < -0.39 is 11.9 Å². The molecule has 1 fully saturated rings. The maximum Gasteiger partial charge on any atom is 0.329 e. The fourth-order valence-corrected chi connectivity index (χ4v) is 3.88. The lowest BCUT2D eigenvalue weighted by atomic mass is 10.1. The van der Waals surface area contributed by atoms with Crippen LogP contribution in [0.5, 0.6) is 11.5 Å². The molecule has 34 heavy (non-hydrogen) atoms. The Morgan fingerprint density at radius 2 is 1.53 bits per heavy atom. The molecule has 0 saturated carbocycles. The molecule has 6 nitrogen and oxygen atoms in total. The number of nitrogens with one attached hydrogen (secondary N) is 1. The molecule has 0 aliphatic carbocycles. The van der Waals surface area contributed by atoms with Gasteiger partial charge in [0, 0.05) is 10.0 Å². The number of nitrogens with zero attached hydrogens (tertiary/aromatic N) is 1. The number of carbonyl (C=O) groups excluding carboxylic acids is 2. The van der Waals surface area contributed by atoms with Gasteiger partial charge in [0.05, 0.1) is 18.7 Å². The van der Waals surface area contributed by atoms with Gasteiger partial charge in [-0.2, -0.15) is 0 Å². The van der Waals surface area contributed by atoms with Crippen molar-refractivity contribution >= 4 is 52.8 Å². The number of ether oxygens (including phenoxy) is 2. The second-order valence-electron chi connectivity index (χ2n) is 7.46. The van der Waals surface area contributed by atoms with Gasteiger partial charge in [0.15, 0.2) is 11.5 Å². The Labute approximate surface area is 211 Å². The van der Waals surface area contributed by atoms with Crippen molar-refractivity contribution in [3.8, 4) is 11.5 Å². The summed E-state index contributed by atoms with van der Waals surface area (Å²) >= 11 is 18.3. The molecular weight excluding hydrogens is 499 g/mol. The zero-order valence-corrected chi connectivity index (χ0v) is 20.2. The van der Waals surface area contributed by atoms with Crippen LogP contribution >= 0.6 is 34.8 Å². The quantitative estimate of drug-likeness (QED) is 0.294. The van der Waals surface area contributed by atoms with Gasteiger partial charge in [0.25, 0.3) is 5.91 Å². The molecule has 1 N–H and O–H groups in total. The average molecular weight is 518 g/mol. The molecule has 1 heterocycles. The number of methoxy groups -OCH3 is 1. The normalized spacial score (nSPS) is 14.5. The van der Waals surface area contributed by atoms with Crippen molar-refractivity contribution in [1.82, 2.24) is 10.2 Å². The van der Waals surface area contributed by atoms with Crippen molar-refractivity contribution in [2.45, 2.75) is 13.2 Å². The highest BCUT2D eigenvalue weighted by Gasteiger charge is 2.33. The van der Waals surface area contributed by atoms with Crippen LogP contribution in [0.3, 0.4) is 0 Å². The fraction of sp³-hybridized carbons (Fsp3) is 0.120. The van der Waals surface area contributed by atoms with Gasteiger partial charge in [0.2, 0.25) is 0 Å². The Kier molecular flexibility index (Phi) is 7.32. The van der Waals surface area contributed by atoms with Gasteiger partial charge in [-0.25, -0.2) is 4.79 Å². The summed E-state index contributed by atoms with van der Waals surface area (Å²) in [5, 5.41) is 4.12. The number of hydrogen-bond acceptors (Lipinski definition) is 4. The molecule has 0 radical (unpaired) electrons. The number of carbonyl (C=O) groups is 2. The van der Waals surface area contributed by atoms with E-state index in [-0.39, 0.29) is 18.8 Å². The van der Waals surface area contributed by atoms with Crippen molar-refractivity contribution < 1.29 is 19.1 Å². The topological polar surface area (TPSA) is 67.9 Å². The molecule has 4 rings (SSSR count). The summed E-state index contributed by atoms with van der Waals surface area (Å²) in [5.41, 5.74) is 2.39. The molecule has 174 valence electrons. The van der Waals surface area contributed by atoms with Crippen LogP contribution in [-0.4, -0.2) is 23.9 Å². The lowest BCUT2D eigenvalue weighted by molar-refractivity contribution is -0.123. The minimum atomic E-state index is -0.507. The van der Waals surface area contributed by atoms with E-state index in [0.29, 0.717) is 32.1 Å². The Morgan fingerprint density at radius 3 is 2.15 bits per heavy atom. The number of rotatable bonds is 7. The number of imide groups is 1. The molecule has 1 saturated heterocycles. The Hall–Kier alpha value is -3.19. The summed E-state index contributed by atoms with van der Waals surface area (Å²) in [6, 6.07) is 17.0. The van der Waals surface area contributed by atoms with Crippen molar-refractivity contribution in [2.24, 2.45) is 0 Å². The van der Waals surface area contributed by atoms with Gasteiger partial charge in [-0.3, -0.25) is 9.69 Å². The van der Waals surface area contributed by atoms with Gasteiger partial charge >= 0.3 is 6.03 Å². The Bertz CT molecular complexity index is 1260. The van der Waals surface area contributed by atoms with Crippen molar-refractivity contribution in [2.75, 3.05) is 7.11 Å². The van der Waals surface area contributed by atoms with Crippen LogP contribution in [0.25, 0.3) is 6.08 Å². The smallest absolute Gasteiger partial charge is 0.329 e. The first-order valence-corrected chi connectivity index (χ1v) is 11.3. The average Bonchev–Trinajstić information content (AvgIpc) is 3.07. The predicted molar refractivity (Wildman–Crippen MR) is 132 cm³/mol. The van der Waals surface area contributed by atoms with Gasteiger partial charge in [0.1, 0.15) is 12.3 Å². The lowest BCUT2D eigenvalue weighted by Crippen LogP contribution is -2.30. The van der Waals surface area contributed by atoms with E-state index in [1.807, 2.05) is 12.1 Å². The van der Waals surface area contributed by atoms with Crippen molar-refractivity contribution in [1.29, 1.82) is 0 Å². The highest BCUT2D eigenvalue weighted by atomic mass is 35.5. The van der Waals surface area contributed by atoms with E-state index in [1.165, 1.54) is 7.11 Å². The van der Waals surface area contributed by atoms with Gasteiger partial charge in [-0.15, -0.1) is 0 Å². The first-order chi connectivity index (χ1) is 16.3. The third kappa shape index (κ3) is 5.47. The summed E-state index contributed by atoms with van der Waals surface area (Å²) in [7, 11) is 1.49. The zero-order chi connectivity index (χ0) is 24.2. The molecule has 1 aliphatic heterocycles. The van der Waals surface area contributed by atoms with Gasteiger partial charge in [-0.1, -0.05) is 59.1 Å². The van der Waals surface area contributed by atoms with Crippen LogP contribution in [0.15, 0.2) is 66.4 Å². The first kappa shape index (κ1) is 24.0. The monoisotopic (exact) mass is 516 g/mol. The predicted octanol–water partition coefficient (Wildman–Crippen LogP) is 6.33. The molecule has 0 atom stereocenters. The molecule has 0 unspecified atom stereocenters. The zero-order valence-electron chi connectivity index (χ0n) is 18.0. The van der Waals surface area contributed by atoms with E-state index in [9.17, 15) is 9.59 Å². The molecule has 0 bridgehead atoms. The summed E-state index contributed by atoms with van der Waals surface area (Å²) in [6.07, 6.45) is 1.54. The fourth-order valence-electron chi connectivity index (χ4n) is 3.35. The SMILES string of the molecule is COc1cc(/C=C2\NC(=O)N(Cc3ccc(Cl)cc3)C2=O)cc(Cl)c1OCc1ccc(Cl)cc1. The summed E-state index contributed by atoms with van der Waals surface area (Å²) in [4.78, 5) is 26.3. The first-order valence-electron chi connectivity index (χ1n) is 10.2. The van der Waals surface area contributed by atoms with Crippen LogP contribution in [0.4, 0.5) is 4.79 Å². The van der Waals surface area contributed by atoms with E-state index in [0.717, 1.165) is 16.0 Å². The Morgan fingerprint density at radius 1 is 0.912 bits per heavy atom. The van der Waals surface area contributed by atoms with E-state index in [4.69, 9.17) is 44.3 Å². The third-order valence-corrected chi connectivity index (χ3v) is 5.86. The van der Waals surface area contributed by atoms with E-state index in [2.05, 4.69) is 5.32 Å². The summed E-state index contributed by atoms with van der Waals surface area (Å²) < 4.78 is 11.3. The summed E-state index contributed by atoms with van der Waals surface area (Å²) in [6.45, 7) is 0.391. The van der Waals surface area contributed by atoms with E-state index >= 15 is 0 Å². The molecule has 9 heteroatoms. The maximum atomic E-state index is 12.8. The maximum absolute atomic E-state index is 12.8. The molecule has 0 aromatic heterocycles. The van der Waals surface area contributed by atoms with Crippen LogP contribution in [-0.2, 0) is 17.9 Å². The number of benzene rings is 3. The molecule has 1 aliphatic rings. The number of hydrogen-bond donors (Lipinski definition) is 1. The largest absolute Gasteiger partial charge is 0.493 e. The minimum absolute atomic E-state index is 0.126. The summed E-state index contributed by atoms with van der Waals surface area (Å²) in [5.74, 6) is 0.314. The van der Waals surface area contributed by atoms with Crippen LogP contribution < -0.4 is 14.8 Å². The molecule has 3 aromatic rings. The number of urea groups is 1. The lowest BCUT2D eigenvalue weighted by Gasteiger charge is -2.14. The number of halogens is 3. The van der Waals surface area contributed by atoms with Crippen LogP contribution in [0.1, 0.15) is 16.7 Å². The van der Waals surface area contributed by atoms with Gasteiger partial charge in [-0.05, 0) is 59.2 Å². The molecular formula is C25H19Cl3N2O4. The van der Waals surface area contributed by atoms with Crippen LogP contribution in [0, 0.1) is 0 Å². The standard InChI is InChI=1S/C25H19Cl3N2O4/c1-33-22-12-17(10-20(28)23(22)34-14-16-4-8-19(27)9-5-16)11-21-24(31)30(25(32)29-21)13-15-2-6-18(26)7-3-15/h2-12H,13-14H2,1H3,(H,29,32)/b21-11-. The minimum Gasteiger partial charge on any atom is -0.493 e. The highest BCUT2D eigenvalue weighted by Crippen LogP contribution is 2.37. The van der Waals surface area contributed by atoms with Crippen LogP contribution in [0.2, 0.25) is 15.1 Å². The second-order valence-corrected chi connectivity index (χ2v) is 8.74. The Balaban J connectivity index is 1.52. The van der Waals surface area contributed by atoms with Gasteiger partial charge < -0.3 is 14.8 Å². The molecule has 0 spiro atoms. The second kappa shape index (κ2) is 10.4.